The van der Waals surface area contributed by atoms with Gasteiger partial charge in [-0.3, -0.25) is 9.78 Å². The zero-order chi connectivity index (χ0) is 20.2. The zero-order valence-electron chi connectivity index (χ0n) is 15.7. The summed E-state index contributed by atoms with van der Waals surface area (Å²) in [7, 11) is 0. The number of phenolic OH excluding ortho intramolecular Hbond substituents is 1. The molecule has 0 fully saturated rings. The summed E-state index contributed by atoms with van der Waals surface area (Å²) in [6.45, 7) is 2.02. The van der Waals surface area contributed by atoms with Gasteiger partial charge in [-0.1, -0.05) is 17.8 Å². The molecule has 1 atom stereocenters. The van der Waals surface area contributed by atoms with E-state index in [1.165, 1.54) is 12.1 Å². The fourth-order valence-electron chi connectivity index (χ4n) is 2.90. The van der Waals surface area contributed by atoms with E-state index in [4.69, 9.17) is 0 Å². The second-order valence-corrected chi connectivity index (χ2v) is 7.59. The highest BCUT2D eigenvalue weighted by Gasteiger charge is 2.18. The van der Waals surface area contributed by atoms with Crippen molar-refractivity contribution in [2.75, 3.05) is 10.6 Å². The summed E-state index contributed by atoms with van der Waals surface area (Å²) in [5, 5.41) is 21.2. The van der Waals surface area contributed by atoms with Gasteiger partial charge >= 0.3 is 0 Å². The molecule has 2 aromatic carbocycles. The Hall–Kier alpha value is -3.45. The number of aryl methyl sites for hydroxylation is 1. The minimum Gasteiger partial charge on any atom is -0.508 e. The van der Waals surface area contributed by atoms with Crippen LogP contribution in [0.15, 0.2) is 72.4 Å². The molecule has 1 aliphatic heterocycles. The number of amides is 1. The number of carbonyl (C=O) groups is 1. The number of rotatable bonds is 5. The van der Waals surface area contributed by atoms with Crippen molar-refractivity contribution in [2.24, 2.45) is 0 Å². The second-order valence-electron chi connectivity index (χ2n) is 6.61. The maximum atomic E-state index is 12.4. The summed E-state index contributed by atoms with van der Waals surface area (Å²) in [4.78, 5) is 16.6. The summed E-state index contributed by atoms with van der Waals surface area (Å²) in [6, 6.07) is 15.8. The molecule has 0 aliphatic carbocycles. The summed E-state index contributed by atoms with van der Waals surface area (Å²) >= 11 is 1.64. The van der Waals surface area contributed by atoms with Crippen LogP contribution in [-0.4, -0.2) is 21.5 Å². The molecule has 2 heterocycles. The van der Waals surface area contributed by atoms with Crippen molar-refractivity contribution in [2.45, 2.75) is 12.4 Å². The highest BCUT2D eigenvalue weighted by atomic mass is 32.2. The van der Waals surface area contributed by atoms with E-state index < -0.39 is 0 Å². The lowest BCUT2D eigenvalue weighted by Crippen LogP contribution is -2.28. The largest absolute Gasteiger partial charge is 0.508 e. The van der Waals surface area contributed by atoms with Gasteiger partial charge in [-0.05, 0) is 66.4 Å². The summed E-state index contributed by atoms with van der Waals surface area (Å²) in [6.07, 6.45) is 3.58. The normalized spacial score (nSPS) is 15.3. The van der Waals surface area contributed by atoms with Crippen LogP contribution in [0.2, 0.25) is 0 Å². The number of pyridine rings is 1. The number of aromatic hydroxyl groups is 1. The SMILES string of the molecule is Cc1ccc(NC(=O)c2ccc(O)cc2)cc1NC1NC(c2cccnc2)=CS1. The Bertz CT molecular complexity index is 1050. The van der Waals surface area contributed by atoms with Gasteiger partial charge < -0.3 is 21.1 Å². The molecule has 1 unspecified atom stereocenters. The lowest BCUT2D eigenvalue weighted by Gasteiger charge is -2.18. The molecule has 0 saturated heterocycles. The van der Waals surface area contributed by atoms with Gasteiger partial charge in [0.05, 0.1) is 5.70 Å². The number of nitrogens with zero attached hydrogens (tertiary/aromatic N) is 1. The molecule has 29 heavy (non-hydrogen) atoms. The second kappa shape index (κ2) is 8.28. The van der Waals surface area contributed by atoms with Gasteiger partial charge in [0.2, 0.25) is 0 Å². The van der Waals surface area contributed by atoms with Crippen molar-refractivity contribution in [3.63, 3.8) is 0 Å². The van der Waals surface area contributed by atoms with Crippen LogP contribution in [0.4, 0.5) is 11.4 Å². The summed E-state index contributed by atoms with van der Waals surface area (Å²) < 4.78 is 0. The topological polar surface area (TPSA) is 86.3 Å². The molecule has 4 rings (SSSR count). The molecular formula is C22H20N4O2S. The predicted molar refractivity (Wildman–Crippen MR) is 118 cm³/mol. The van der Waals surface area contributed by atoms with Gasteiger partial charge in [0.25, 0.3) is 5.91 Å². The van der Waals surface area contributed by atoms with Crippen molar-refractivity contribution < 1.29 is 9.90 Å². The third-order valence-electron chi connectivity index (χ3n) is 4.49. The smallest absolute Gasteiger partial charge is 0.255 e. The summed E-state index contributed by atoms with van der Waals surface area (Å²) in [5.41, 5.74) is 5.22. The number of anilines is 2. The third-order valence-corrected chi connectivity index (χ3v) is 5.37. The molecule has 0 saturated carbocycles. The minimum absolute atomic E-state index is 0.0213. The van der Waals surface area contributed by atoms with Crippen LogP contribution in [0, 0.1) is 6.92 Å². The van der Waals surface area contributed by atoms with Gasteiger partial charge in [-0.25, -0.2) is 0 Å². The molecular weight excluding hydrogens is 384 g/mol. The first-order chi connectivity index (χ1) is 14.1. The number of aromatic nitrogens is 1. The Balaban J connectivity index is 1.42. The van der Waals surface area contributed by atoms with Gasteiger partial charge in [-0.2, -0.15) is 0 Å². The fourth-order valence-corrected chi connectivity index (χ4v) is 3.77. The number of thioether (sulfide) groups is 1. The third kappa shape index (κ3) is 4.52. The van der Waals surface area contributed by atoms with Crippen LogP contribution >= 0.6 is 11.8 Å². The molecule has 146 valence electrons. The molecule has 1 aliphatic rings. The Labute approximate surface area is 173 Å². The van der Waals surface area contributed by atoms with Crippen LogP contribution in [0.1, 0.15) is 21.5 Å². The molecule has 4 N–H and O–H groups in total. The van der Waals surface area contributed by atoms with Gasteiger partial charge in [0.15, 0.2) is 0 Å². The maximum absolute atomic E-state index is 12.4. The zero-order valence-corrected chi connectivity index (χ0v) is 16.5. The van der Waals surface area contributed by atoms with E-state index in [0.29, 0.717) is 11.3 Å². The Morgan fingerprint density at radius 2 is 2.00 bits per heavy atom. The number of phenols is 1. The van der Waals surface area contributed by atoms with Crippen LogP contribution in [0.25, 0.3) is 5.70 Å². The molecule has 1 aromatic heterocycles. The van der Waals surface area contributed by atoms with E-state index in [1.54, 1.807) is 30.1 Å². The number of benzene rings is 2. The highest BCUT2D eigenvalue weighted by Crippen LogP contribution is 2.30. The molecule has 0 radical (unpaired) electrons. The first kappa shape index (κ1) is 18.9. The van der Waals surface area contributed by atoms with Crippen LogP contribution < -0.4 is 16.0 Å². The number of carbonyl (C=O) groups excluding carboxylic acids is 1. The molecule has 3 aromatic rings. The molecule has 7 heteroatoms. The molecule has 0 spiro atoms. The van der Waals surface area contributed by atoms with Gasteiger partial charge in [0, 0.05) is 34.9 Å². The monoisotopic (exact) mass is 404 g/mol. The van der Waals surface area contributed by atoms with Crippen molar-refractivity contribution in [1.29, 1.82) is 0 Å². The number of nitrogens with one attached hydrogen (secondary N) is 3. The Morgan fingerprint density at radius 1 is 1.17 bits per heavy atom. The molecule has 6 nitrogen and oxygen atoms in total. The van der Waals surface area contributed by atoms with E-state index in [1.807, 2.05) is 43.5 Å². The van der Waals surface area contributed by atoms with E-state index in [2.05, 4.69) is 26.3 Å². The quantitative estimate of drug-likeness (QED) is 0.505. The predicted octanol–water partition coefficient (Wildman–Crippen LogP) is 4.38. The fraction of sp³-hybridized carbons (Fsp3) is 0.0909. The van der Waals surface area contributed by atoms with Crippen LogP contribution in [-0.2, 0) is 0 Å². The first-order valence-corrected chi connectivity index (χ1v) is 10.0. The number of hydrogen-bond donors (Lipinski definition) is 4. The minimum atomic E-state index is -0.228. The lowest BCUT2D eigenvalue weighted by atomic mass is 10.1. The maximum Gasteiger partial charge on any atom is 0.255 e. The van der Waals surface area contributed by atoms with E-state index >= 15 is 0 Å². The average Bonchev–Trinajstić information content (AvgIpc) is 3.20. The molecule has 1 amide bonds. The standard InChI is InChI=1S/C22H20N4O2S/c1-14-4-7-17(24-21(28)15-5-8-18(27)9-6-15)11-19(14)25-22-26-20(13-29-22)16-3-2-10-23-12-16/h2-13,22,25-27H,1H3,(H,24,28). The highest BCUT2D eigenvalue weighted by molar-refractivity contribution is 8.03. The van der Waals surface area contributed by atoms with E-state index in [0.717, 1.165) is 22.5 Å². The van der Waals surface area contributed by atoms with Crippen molar-refractivity contribution in [1.82, 2.24) is 10.3 Å². The van der Waals surface area contributed by atoms with Gasteiger partial charge in [0.1, 0.15) is 11.2 Å². The Morgan fingerprint density at radius 3 is 2.76 bits per heavy atom. The van der Waals surface area contributed by atoms with Crippen molar-refractivity contribution >= 4 is 34.7 Å². The first-order valence-electron chi connectivity index (χ1n) is 9.08. The van der Waals surface area contributed by atoms with Crippen molar-refractivity contribution in [3.05, 3.63) is 89.1 Å². The van der Waals surface area contributed by atoms with Crippen molar-refractivity contribution in [3.8, 4) is 5.75 Å². The van der Waals surface area contributed by atoms with Gasteiger partial charge in [-0.15, -0.1) is 0 Å². The van der Waals surface area contributed by atoms with Crippen LogP contribution in [0.5, 0.6) is 5.75 Å². The Kier molecular flexibility index (Phi) is 5.39. The average molecular weight is 404 g/mol. The van der Waals surface area contributed by atoms with E-state index in [-0.39, 0.29) is 17.2 Å². The lowest BCUT2D eigenvalue weighted by molar-refractivity contribution is 0.102. The number of hydrogen-bond acceptors (Lipinski definition) is 6. The van der Waals surface area contributed by atoms with E-state index in [9.17, 15) is 9.90 Å². The van der Waals surface area contributed by atoms with Crippen LogP contribution in [0.3, 0.4) is 0 Å². The molecule has 0 bridgehead atoms. The summed E-state index contributed by atoms with van der Waals surface area (Å²) in [5.74, 6) is -0.0992.